The van der Waals surface area contributed by atoms with Crippen molar-refractivity contribution in [1.82, 2.24) is 15.3 Å². The minimum atomic E-state index is 0.491. The summed E-state index contributed by atoms with van der Waals surface area (Å²) in [6.07, 6.45) is 5.49. The van der Waals surface area contributed by atoms with Crippen LogP contribution in [0.2, 0.25) is 0 Å². The van der Waals surface area contributed by atoms with Crippen LogP contribution in [-0.2, 0) is 0 Å². The zero-order valence-corrected chi connectivity index (χ0v) is 11.9. The molecule has 5 heteroatoms. The lowest BCUT2D eigenvalue weighted by molar-refractivity contribution is 0.325. The van der Waals surface area contributed by atoms with Crippen molar-refractivity contribution >= 4 is 5.95 Å². The van der Waals surface area contributed by atoms with Gasteiger partial charge in [-0.3, -0.25) is 0 Å². The van der Waals surface area contributed by atoms with Crippen LogP contribution >= 0.6 is 0 Å². The molecule has 1 N–H and O–H groups in total. The van der Waals surface area contributed by atoms with Gasteiger partial charge in [0.2, 0.25) is 11.8 Å². The summed E-state index contributed by atoms with van der Waals surface area (Å²) in [5.74, 6) is 1.47. The first-order chi connectivity index (χ1) is 9.35. The van der Waals surface area contributed by atoms with Gasteiger partial charge in [0.25, 0.3) is 0 Å². The summed E-state index contributed by atoms with van der Waals surface area (Å²) in [5, 5.41) is 3.43. The van der Waals surface area contributed by atoms with E-state index < -0.39 is 0 Å². The number of nitrogens with zero attached hydrogens (tertiary/aromatic N) is 3. The lowest BCUT2D eigenvalue weighted by atomic mass is 10.0. The predicted octanol–water partition coefficient (Wildman–Crippen LogP) is 1.84. The van der Waals surface area contributed by atoms with E-state index >= 15 is 0 Å². The second-order valence-corrected chi connectivity index (χ2v) is 4.78. The summed E-state index contributed by atoms with van der Waals surface area (Å²) in [5.41, 5.74) is 0. The van der Waals surface area contributed by atoms with Crippen LogP contribution in [0, 0.1) is 0 Å². The highest BCUT2D eigenvalue weighted by Gasteiger charge is 2.24. The van der Waals surface area contributed by atoms with Crippen molar-refractivity contribution in [2.45, 2.75) is 39.2 Å². The van der Waals surface area contributed by atoms with Crippen LogP contribution in [0.4, 0.5) is 5.95 Å². The van der Waals surface area contributed by atoms with Gasteiger partial charge >= 0.3 is 0 Å². The molecule has 106 valence electrons. The SMILES string of the molecule is CCNCC1CCCCN1c1nccc(OCC)n1. The Kier molecular flexibility index (Phi) is 5.39. The molecule has 1 atom stereocenters. The molecule has 0 aromatic carbocycles. The Balaban J connectivity index is 2.09. The second kappa shape index (κ2) is 7.28. The van der Waals surface area contributed by atoms with Gasteiger partial charge in [0, 0.05) is 31.4 Å². The summed E-state index contributed by atoms with van der Waals surface area (Å²) in [6.45, 7) is 7.78. The van der Waals surface area contributed by atoms with E-state index in [1.54, 1.807) is 6.20 Å². The molecule has 1 aromatic rings. The van der Waals surface area contributed by atoms with Crippen molar-refractivity contribution < 1.29 is 4.74 Å². The number of ether oxygens (including phenoxy) is 1. The molecule has 2 rings (SSSR count). The van der Waals surface area contributed by atoms with Gasteiger partial charge < -0.3 is 15.0 Å². The summed E-state index contributed by atoms with van der Waals surface area (Å²) in [4.78, 5) is 11.2. The maximum atomic E-state index is 5.46. The fourth-order valence-corrected chi connectivity index (χ4v) is 2.49. The highest BCUT2D eigenvalue weighted by Crippen LogP contribution is 2.22. The van der Waals surface area contributed by atoms with Gasteiger partial charge in [0.15, 0.2) is 0 Å². The maximum absolute atomic E-state index is 5.46. The standard InChI is InChI=1S/C14H24N4O/c1-3-15-11-12-7-5-6-10-18(12)14-16-9-8-13(17-14)19-4-2/h8-9,12,15H,3-7,10-11H2,1-2H3. The smallest absolute Gasteiger partial charge is 0.228 e. The van der Waals surface area contributed by atoms with Crippen LogP contribution in [0.5, 0.6) is 5.88 Å². The summed E-state index contributed by atoms with van der Waals surface area (Å²) >= 11 is 0. The van der Waals surface area contributed by atoms with Crippen molar-refractivity contribution in [3.63, 3.8) is 0 Å². The quantitative estimate of drug-likeness (QED) is 0.849. The summed E-state index contributed by atoms with van der Waals surface area (Å²) in [7, 11) is 0. The van der Waals surface area contributed by atoms with Gasteiger partial charge in [-0.15, -0.1) is 0 Å². The number of nitrogens with one attached hydrogen (secondary N) is 1. The third kappa shape index (κ3) is 3.80. The van der Waals surface area contributed by atoms with Gasteiger partial charge in [-0.1, -0.05) is 6.92 Å². The molecule has 1 aliphatic heterocycles. The Hall–Kier alpha value is -1.36. The van der Waals surface area contributed by atoms with Crippen LogP contribution in [0.15, 0.2) is 12.3 Å². The largest absolute Gasteiger partial charge is 0.478 e. The topological polar surface area (TPSA) is 50.3 Å². The molecule has 0 spiro atoms. The number of rotatable bonds is 6. The average Bonchev–Trinajstić information content (AvgIpc) is 2.46. The molecule has 1 aliphatic rings. The van der Waals surface area contributed by atoms with Crippen LogP contribution in [0.3, 0.4) is 0 Å². The first-order valence-corrected chi connectivity index (χ1v) is 7.28. The van der Waals surface area contributed by atoms with Crippen molar-refractivity contribution in [2.75, 3.05) is 31.1 Å². The lowest BCUT2D eigenvalue weighted by Crippen LogP contribution is -2.46. The fraction of sp³-hybridized carbons (Fsp3) is 0.714. The first-order valence-electron chi connectivity index (χ1n) is 7.28. The monoisotopic (exact) mass is 264 g/mol. The van der Waals surface area contributed by atoms with Crippen LogP contribution in [0.25, 0.3) is 0 Å². The normalized spacial score (nSPS) is 19.5. The zero-order valence-electron chi connectivity index (χ0n) is 11.9. The first kappa shape index (κ1) is 14.1. The minimum Gasteiger partial charge on any atom is -0.478 e. The molecular weight excluding hydrogens is 240 g/mol. The zero-order chi connectivity index (χ0) is 13.5. The Morgan fingerprint density at radius 3 is 3.11 bits per heavy atom. The van der Waals surface area contributed by atoms with E-state index in [0.717, 1.165) is 25.6 Å². The molecular formula is C14H24N4O. The Morgan fingerprint density at radius 1 is 1.42 bits per heavy atom. The lowest BCUT2D eigenvalue weighted by Gasteiger charge is -2.35. The Labute approximate surface area is 115 Å². The van der Waals surface area contributed by atoms with E-state index in [9.17, 15) is 0 Å². The van der Waals surface area contributed by atoms with Crippen LogP contribution < -0.4 is 15.0 Å². The number of hydrogen-bond acceptors (Lipinski definition) is 5. The number of anilines is 1. The van der Waals surface area contributed by atoms with Gasteiger partial charge in [0.05, 0.1) is 6.61 Å². The number of aromatic nitrogens is 2. The number of hydrogen-bond donors (Lipinski definition) is 1. The summed E-state index contributed by atoms with van der Waals surface area (Å²) in [6, 6.07) is 2.31. The molecule has 19 heavy (non-hydrogen) atoms. The Bertz CT molecular complexity index is 385. The molecule has 1 unspecified atom stereocenters. The van der Waals surface area contributed by atoms with Gasteiger partial charge in [-0.25, -0.2) is 4.98 Å². The highest BCUT2D eigenvalue weighted by atomic mass is 16.5. The molecule has 1 aromatic heterocycles. The van der Waals surface area contributed by atoms with E-state index in [4.69, 9.17) is 4.74 Å². The van der Waals surface area contributed by atoms with Crippen LogP contribution in [-0.4, -0.2) is 42.3 Å². The van der Waals surface area contributed by atoms with E-state index in [1.807, 2.05) is 13.0 Å². The third-order valence-corrected chi connectivity index (χ3v) is 3.42. The molecule has 1 saturated heterocycles. The number of piperidine rings is 1. The van der Waals surface area contributed by atoms with Gasteiger partial charge in [-0.2, -0.15) is 4.98 Å². The van der Waals surface area contributed by atoms with Crippen molar-refractivity contribution in [1.29, 1.82) is 0 Å². The molecule has 0 saturated carbocycles. The van der Waals surface area contributed by atoms with Crippen molar-refractivity contribution in [2.24, 2.45) is 0 Å². The van der Waals surface area contributed by atoms with Crippen molar-refractivity contribution in [3.05, 3.63) is 12.3 Å². The second-order valence-electron chi connectivity index (χ2n) is 4.78. The fourth-order valence-electron chi connectivity index (χ4n) is 2.49. The van der Waals surface area contributed by atoms with Gasteiger partial charge in [0.1, 0.15) is 0 Å². The van der Waals surface area contributed by atoms with Crippen LogP contribution in [0.1, 0.15) is 33.1 Å². The molecule has 0 radical (unpaired) electrons. The molecule has 1 fully saturated rings. The van der Waals surface area contributed by atoms with E-state index in [0.29, 0.717) is 18.5 Å². The third-order valence-electron chi connectivity index (χ3n) is 3.42. The molecule has 0 bridgehead atoms. The van der Waals surface area contributed by atoms with Crippen molar-refractivity contribution in [3.8, 4) is 5.88 Å². The highest BCUT2D eigenvalue weighted by molar-refractivity contribution is 5.34. The number of likely N-dealkylation sites (N-methyl/N-ethyl adjacent to an activating group) is 1. The molecule has 0 amide bonds. The van der Waals surface area contributed by atoms with E-state index in [1.165, 1.54) is 19.3 Å². The van der Waals surface area contributed by atoms with E-state index in [2.05, 4.69) is 27.1 Å². The molecule has 0 aliphatic carbocycles. The van der Waals surface area contributed by atoms with Gasteiger partial charge in [-0.05, 0) is 32.7 Å². The van der Waals surface area contributed by atoms with E-state index in [-0.39, 0.29) is 0 Å². The Morgan fingerprint density at radius 2 is 2.32 bits per heavy atom. The maximum Gasteiger partial charge on any atom is 0.228 e. The summed E-state index contributed by atoms with van der Waals surface area (Å²) < 4.78 is 5.46. The molecule has 5 nitrogen and oxygen atoms in total. The average molecular weight is 264 g/mol. The molecule has 2 heterocycles. The predicted molar refractivity (Wildman–Crippen MR) is 76.7 cm³/mol. The minimum absolute atomic E-state index is 0.491.